The molecule has 0 saturated carbocycles. The third-order valence-electron chi connectivity index (χ3n) is 3.52. The average Bonchev–Trinajstić information content (AvgIpc) is 2.66. The molecular formula is C16H14N2O3. The Balaban J connectivity index is 2.06. The lowest BCUT2D eigenvalue weighted by Crippen LogP contribution is -2.33. The summed E-state index contributed by atoms with van der Waals surface area (Å²) in [6.07, 6.45) is 1.03. The summed E-state index contributed by atoms with van der Waals surface area (Å²) in [6.45, 7) is 0.457. The van der Waals surface area contributed by atoms with Crippen molar-refractivity contribution in [2.45, 2.75) is 12.8 Å². The predicted molar refractivity (Wildman–Crippen MR) is 78.7 cm³/mol. The van der Waals surface area contributed by atoms with Crippen LogP contribution < -0.4 is 10.5 Å². The normalized spacial score (nSPS) is 14.5. The van der Waals surface area contributed by atoms with Gasteiger partial charge in [-0.2, -0.15) is 0 Å². The van der Waals surface area contributed by atoms with Gasteiger partial charge in [0.25, 0.3) is 5.91 Å². The molecular weight excluding hydrogens is 268 g/mol. The van der Waals surface area contributed by atoms with Crippen LogP contribution in [-0.4, -0.2) is 23.2 Å². The summed E-state index contributed by atoms with van der Waals surface area (Å²) in [5.41, 5.74) is 1.07. The van der Waals surface area contributed by atoms with Crippen LogP contribution in [0.15, 0.2) is 47.3 Å². The van der Waals surface area contributed by atoms with Crippen molar-refractivity contribution in [2.24, 2.45) is 0 Å². The standard InChI is InChI=1S/C16H14N2O3/c19-14-8-4-10-18(13-7-2-1-5-11(13)14)16(21)12-6-3-9-15(20)17-12/h1-3,5-7,9H,4,8,10H2,(H,17,20). The molecule has 0 saturated heterocycles. The Labute approximate surface area is 121 Å². The predicted octanol–water partition coefficient (Wildman–Crippen LogP) is 2.00. The zero-order chi connectivity index (χ0) is 14.8. The number of carbonyl (C=O) groups excluding carboxylic acids is 2. The van der Waals surface area contributed by atoms with Gasteiger partial charge in [-0.1, -0.05) is 18.2 Å². The van der Waals surface area contributed by atoms with Crippen LogP contribution in [0, 0.1) is 0 Å². The number of para-hydroxylation sites is 1. The van der Waals surface area contributed by atoms with E-state index in [4.69, 9.17) is 0 Å². The maximum atomic E-state index is 12.6. The van der Waals surface area contributed by atoms with Crippen molar-refractivity contribution in [1.82, 2.24) is 4.98 Å². The molecule has 1 N–H and O–H groups in total. The molecule has 21 heavy (non-hydrogen) atoms. The van der Waals surface area contributed by atoms with Gasteiger partial charge < -0.3 is 9.88 Å². The van der Waals surface area contributed by atoms with Crippen LogP contribution >= 0.6 is 0 Å². The first-order valence-corrected chi connectivity index (χ1v) is 6.80. The number of amides is 1. The van der Waals surface area contributed by atoms with Crippen LogP contribution in [0.25, 0.3) is 0 Å². The van der Waals surface area contributed by atoms with Gasteiger partial charge in [-0.25, -0.2) is 0 Å². The number of ketones is 1. The number of fused-ring (bicyclic) bond motifs is 1. The van der Waals surface area contributed by atoms with E-state index in [2.05, 4.69) is 4.98 Å². The average molecular weight is 282 g/mol. The van der Waals surface area contributed by atoms with Gasteiger partial charge in [0.2, 0.25) is 5.56 Å². The second kappa shape index (κ2) is 5.36. The van der Waals surface area contributed by atoms with E-state index in [1.165, 1.54) is 6.07 Å². The number of nitrogens with one attached hydrogen (secondary N) is 1. The van der Waals surface area contributed by atoms with Crippen molar-refractivity contribution in [1.29, 1.82) is 0 Å². The van der Waals surface area contributed by atoms with Gasteiger partial charge in [-0.3, -0.25) is 14.4 Å². The summed E-state index contributed by atoms with van der Waals surface area (Å²) in [5, 5.41) is 0. The van der Waals surface area contributed by atoms with Crippen molar-refractivity contribution < 1.29 is 9.59 Å². The second-order valence-electron chi connectivity index (χ2n) is 4.93. The summed E-state index contributed by atoms with van der Waals surface area (Å²) in [6, 6.07) is 11.5. The number of hydrogen-bond donors (Lipinski definition) is 1. The summed E-state index contributed by atoms with van der Waals surface area (Å²) in [5.74, 6) is -0.252. The number of rotatable bonds is 1. The largest absolute Gasteiger partial charge is 0.318 e. The van der Waals surface area contributed by atoms with E-state index >= 15 is 0 Å². The maximum Gasteiger partial charge on any atom is 0.274 e. The van der Waals surface area contributed by atoms with Crippen LogP contribution in [-0.2, 0) is 0 Å². The molecule has 3 rings (SSSR count). The number of pyridine rings is 1. The SMILES string of the molecule is O=C1CCCN(C(=O)c2cccc(=O)[nH]2)c2ccccc21. The minimum atomic E-state index is -0.319. The molecule has 5 nitrogen and oxygen atoms in total. The lowest BCUT2D eigenvalue weighted by Gasteiger charge is -2.22. The molecule has 1 aliphatic heterocycles. The van der Waals surface area contributed by atoms with E-state index in [9.17, 15) is 14.4 Å². The van der Waals surface area contributed by atoms with Crippen LogP contribution in [0.2, 0.25) is 0 Å². The Morgan fingerprint density at radius 3 is 2.67 bits per heavy atom. The van der Waals surface area contributed by atoms with Crippen molar-refractivity contribution in [2.75, 3.05) is 11.4 Å². The zero-order valence-electron chi connectivity index (χ0n) is 11.3. The molecule has 1 amide bonds. The molecule has 1 aromatic heterocycles. The Morgan fingerprint density at radius 1 is 1.05 bits per heavy atom. The third kappa shape index (κ3) is 2.50. The minimum absolute atomic E-state index is 0.0439. The molecule has 0 atom stereocenters. The van der Waals surface area contributed by atoms with E-state index in [0.717, 1.165) is 0 Å². The molecule has 5 heteroatoms. The molecule has 0 aliphatic carbocycles. The lowest BCUT2D eigenvalue weighted by atomic mass is 10.1. The molecule has 0 radical (unpaired) electrons. The topological polar surface area (TPSA) is 70.2 Å². The Bertz CT molecular complexity index is 764. The van der Waals surface area contributed by atoms with Gasteiger partial charge in [0.15, 0.2) is 5.78 Å². The highest BCUT2D eigenvalue weighted by atomic mass is 16.2. The molecule has 0 bridgehead atoms. The minimum Gasteiger partial charge on any atom is -0.318 e. The molecule has 0 fully saturated rings. The van der Waals surface area contributed by atoms with E-state index < -0.39 is 0 Å². The van der Waals surface area contributed by atoms with E-state index in [0.29, 0.717) is 30.6 Å². The van der Waals surface area contributed by atoms with Crippen molar-refractivity contribution in [3.63, 3.8) is 0 Å². The van der Waals surface area contributed by atoms with Gasteiger partial charge in [0, 0.05) is 24.6 Å². The van der Waals surface area contributed by atoms with Crippen LogP contribution in [0.1, 0.15) is 33.7 Å². The molecule has 1 aromatic carbocycles. The fourth-order valence-electron chi connectivity index (χ4n) is 2.53. The number of nitrogens with zero attached hydrogens (tertiary/aromatic N) is 1. The number of aromatic nitrogens is 1. The highest BCUT2D eigenvalue weighted by Crippen LogP contribution is 2.27. The van der Waals surface area contributed by atoms with Crippen LogP contribution in [0.3, 0.4) is 0 Å². The summed E-state index contributed by atoms with van der Waals surface area (Å²) < 4.78 is 0. The summed E-state index contributed by atoms with van der Waals surface area (Å²) in [7, 11) is 0. The molecule has 0 spiro atoms. The fraction of sp³-hybridized carbons (Fsp3) is 0.188. The number of hydrogen-bond acceptors (Lipinski definition) is 3. The second-order valence-corrected chi connectivity index (χ2v) is 4.93. The number of benzene rings is 1. The monoisotopic (exact) mass is 282 g/mol. The van der Waals surface area contributed by atoms with Gasteiger partial charge in [0.1, 0.15) is 5.69 Å². The third-order valence-corrected chi connectivity index (χ3v) is 3.52. The van der Waals surface area contributed by atoms with E-state index in [1.807, 2.05) is 0 Å². The van der Waals surface area contributed by atoms with Crippen LogP contribution in [0.5, 0.6) is 0 Å². The first-order valence-electron chi connectivity index (χ1n) is 6.80. The lowest BCUT2D eigenvalue weighted by molar-refractivity contribution is 0.0971. The van der Waals surface area contributed by atoms with E-state index in [-0.39, 0.29) is 22.9 Å². The molecule has 1 aliphatic rings. The highest BCUT2D eigenvalue weighted by Gasteiger charge is 2.25. The maximum absolute atomic E-state index is 12.6. The number of Topliss-reactive ketones (excluding diaryl/α,β-unsaturated/α-hetero) is 1. The fourth-order valence-corrected chi connectivity index (χ4v) is 2.53. The Kier molecular flexibility index (Phi) is 3.39. The van der Waals surface area contributed by atoms with Crippen molar-refractivity contribution in [3.8, 4) is 0 Å². The Morgan fingerprint density at radius 2 is 1.86 bits per heavy atom. The molecule has 0 unspecified atom stereocenters. The zero-order valence-corrected chi connectivity index (χ0v) is 11.3. The number of aromatic amines is 1. The Hall–Kier alpha value is -2.69. The van der Waals surface area contributed by atoms with Gasteiger partial charge in [-0.05, 0) is 24.6 Å². The van der Waals surface area contributed by atoms with Crippen molar-refractivity contribution in [3.05, 3.63) is 64.1 Å². The first-order chi connectivity index (χ1) is 10.2. The summed E-state index contributed by atoms with van der Waals surface area (Å²) in [4.78, 5) is 40.1. The first kappa shape index (κ1) is 13.3. The molecule has 106 valence electrons. The molecule has 2 aromatic rings. The van der Waals surface area contributed by atoms with Gasteiger partial charge in [-0.15, -0.1) is 0 Å². The van der Waals surface area contributed by atoms with Crippen LogP contribution in [0.4, 0.5) is 5.69 Å². The van der Waals surface area contributed by atoms with E-state index in [1.54, 1.807) is 41.3 Å². The van der Waals surface area contributed by atoms with Gasteiger partial charge in [0.05, 0.1) is 5.69 Å². The number of H-pyrrole nitrogens is 1. The smallest absolute Gasteiger partial charge is 0.274 e. The molecule has 2 heterocycles. The highest BCUT2D eigenvalue weighted by molar-refractivity contribution is 6.10. The number of carbonyl (C=O) groups is 2. The quantitative estimate of drug-likeness (QED) is 0.869. The van der Waals surface area contributed by atoms with Crippen molar-refractivity contribution >= 4 is 17.4 Å². The summed E-state index contributed by atoms with van der Waals surface area (Å²) >= 11 is 0. The number of anilines is 1. The van der Waals surface area contributed by atoms with Gasteiger partial charge >= 0.3 is 0 Å².